The fraction of sp³-hybridized carbons (Fsp3) is 0.727. The van der Waals surface area contributed by atoms with Crippen molar-refractivity contribution in [3.63, 3.8) is 0 Å². The van der Waals surface area contributed by atoms with Crippen LogP contribution in [0.25, 0.3) is 0 Å². The van der Waals surface area contributed by atoms with Crippen LogP contribution in [-0.4, -0.2) is 18.4 Å². The first-order chi connectivity index (χ1) is 6.63. The third-order valence-corrected chi connectivity index (χ3v) is 2.45. The van der Waals surface area contributed by atoms with Crippen LogP contribution in [0, 0.1) is 5.92 Å². The molecule has 0 aromatic rings. The van der Waals surface area contributed by atoms with Gasteiger partial charge in [0.2, 0.25) is 6.29 Å². The van der Waals surface area contributed by atoms with Crippen molar-refractivity contribution in [1.29, 1.82) is 0 Å². The lowest BCUT2D eigenvalue weighted by molar-refractivity contribution is -0.216. The molecule has 0 aromatic heterocycles. The van der Waals surface area contributed by atoms with Crippen molar-refractivity contribution in [3.05, 3.63) is 12.7 Å². The SMILES string of the molecule is C=CC[C@@H]1CC[C@H](C)C(OC(C)=O)O1. The summed E-state index contributed by atoms with van der Waals surface area (Å²) in [4.78, 5) is 10.8. The maximum absolute atomic E-state index is 10.8. The van der Waals surface area contributed by atoms with Gasteiger partial charge in [0, 0.05) is 12.8 Å². The predicted molar refractivity (Wildman–Crippen MR) is 53.6 cm³/mol. The van der Waals surface area contributed by atoms with Gasteiger partial charge in [-0.3, -0.25) is 4.79 Å². The van der Waals surface area contributed by atoms with Crippen LogP contribution in [0.4, 0.5) is 0 Å². The van der Waals surface area contributed by atoms with Crippen LogP contribution in [0.5, 0.6) is 0 Å². The molecule has 1 unspecified atom stereocenters. The van der Waals surface area contributed by atoms with Crippen molar-refractivity contribution in [2.75, 3.05) is 0 Å². The molecule has 1 aliphatic heterocycles. The lowest BCUT2D eigenvalue weighted by Gasteiger charge is -2.33. The number of carbonyl (C=O) groups excluding carboxylic acids is 1. The summed E-state index contributed by atoms with van der Waals surface area (Å²) in [5, 5.41) is 0. The fourth-order valence-corrected chi connectivity index (χ4v) is 1.64. The molecule has 80 valence electrons. The molecule has 1 fully saturated rings. The van der Waals surface area contributed by atoms with Gasteiger partial charge in [-0.1, -0.05) is 13.0 Å². The molecule has 0 bridgehead atoms. The van der Waals surface area contributed by atoms with Gasteiger partial charge in [0.1, 0.15) is 0 Å². The smallest absolute Gasteiger partial charge is 0.304 e. The van der Waals surface area contributed by atoms with Gasteiger partial charge in [0.15, 0.2) is 0 Å². The molecule has 0 aromatic carbocycles. The molecule has 0 aliphatic carbocycles. The summed E-state index contributed by atoms with van der Waals surface area (Å²) in [7, 11) is 0. The highest BCUT2D eigenvalue weighted by molar-refractivity contribution is 5.66. The van der Waals surface area contributed by atoms with Crippen LogP contribution in [-0.2, 0) is 14.3 Å². The molecule has 1 heterocycles. The van der Waals surface area contributed by atoms with Gasteiger partial charge in [-0.2, -0.15) is 0 Å². The molecule has 0 saturated carbocycles. The van der Waals surface area contributed by atoms with Gasteiger partial charge in [0.05, 0.1) is 6.10 Å². The van der Waals surface area contributed by atoms with E-state index in [-0.39, 0.29) is 18.4 Å². The first kappa shape index (κ1) is 11.2. The minimum atomic E-state index is -0.369. The monoisotopic (exact) mass is 198 g/mol. The normalized spacial score (nSPS) is 32.3. The Morgan fingerprint density at radius 3 is 2.93 bits per heavy atom. The summed E-state index contributed by atoms with van der Waals surface area (Å²) in [6, 6.07) is 0. The van der Waals surface area contributed by atoms with Crippen LogP contribution in [0.2, 0.25) is 0 Å². The Kier molecular flexibility index (Phi) is 4.14. The van der Waals surface area contributed by atoms with E-state index in [9.17, 15) is 4.79 Å². The largest absolute Gasteiger partial charge is 0.436 e. The van der Waals surface area contributed by atoms with Gasteiger partial charge >= 0.3 is 5.97 Å². The van der Waals surface area contributed by atoms with Gasteiger partial charge in [-0.15, -0.1) is 6.58 Å². The molecule has 3 heteroatoms. The lowest BCUT2D eigenvalue weighted by Crippen LogP contribution is -2.36. The Morgan fingerprint density at radius 2 is 2.36 bits per heavy atom. The van der Waals surface area contributed by atoms with Crippen molar-refractivity contribution in [2.45, 2.75) is 45.5 Å². The number of ether oxygens (including phenoxy) is 2. The van der Waals surface area contributed by atoms with E-state index in [0.29, 0.717) is 5.92 Å². The Morgan fingerprint density at radius 1 is 1.64 bits per heavy atom. The highest BCUT2D eigenvalue weighted by Gasteiger charge is 2.29. The zero-order chi connectivity index (χ0) is 10.6. The topological polar surface area (TPSA) is 35.5 Å². The van der Waals surface area contributed by atoms with E-state index >= 15 is 0 Å². The molecular formula is C11H18O3. The minimum Gasteiger partial charge on any atom is -0.436 e. The fourth-order valence-electron chi connectivity index (χ4n) is 1.64. The number of hydrogen-bond acceptors (Lipinski definition) is 3. The molecule has 1 aliphatic rings. The summed E-state index contributed by atoms with van der Waals surface area (Å²) in [6.07, 6.45) is 4.51. The lowest BCUT2D eigenvalue weighted by atomic mass is 9.97. The predicted octanol–water partition coefficient (Wildman–Crippen LogP) is 2.27. The number of carbonyl (C=O) groups is 1. The molecular weight excluding hydrogens is 180 g/mol. The molecule has 0 N–H and O–H groups in total. The molecule has 3 nitrogen and oxygen atoms in total. The van der Waals surface area contributed by atoms with Gasteiger partial charge in [-0.25, -0.2) is 0 Å². The van der Waals surface area contributed by atoms with E-state index < -0.39 is 0 Å². The summed E-state index contributed by atoms with van der Waals surface area (Å²) >= 11 is 0. The number of esters is 1. The minimum absolute atomic E-state index is 0.160. The molecule has 3 atom stereocenters. The maximum atomic E-state index is 10.8. The van der Waals surface area contributed by atoms with Crippen molar-refractivity contribution >= 4 is 5.97 Å². The molecule has 0 spiro atoms. The van der Waals surface area contributed by atoms with Crippen molar-refractivity contribution < 1.29 is 14.3 Å². The van der Waals surface area contributed by atoms with Crippen molar-refractivity contribution in [1.82, 2.24) is 0 Å². The summed E-state index contributed by atoms with van der Waals surface area (Å²) < 4.78 is 10.7. The van der Waals surface area contributed by atoms with E-state index in [1.807, 2.05) is 13.0 Å². The van der Waals surface area contributed by atoms with E-state index in [4.69, 9.17) is 9.47 Å². The van der Waals surface area contributed by atoms with E-state index in [2.05, 4.69) is 6.58 Å². The highest BCUT2D eigenvalue weighted by Crippen LogP contribution is 2.27. The van der Waals surface area contributed by atoms with Gasteiger partial charge < -0.3 is 9.47 Å². The zero-order valence-corrected chi connectivity index (χ0v) is 8.86. The molecule has 1 rings (SSSR count). The van der Waals surface area contributed by atoms with Gasteiger partial charge in [-0.05, 0) is 19.3 Å². The van der Waals surface area contributed by atoms with E-state index in [1.54, 1.807) is 0 Å². The van der Waals surface area contributed by atoms with Gasteiger partial charge in [0.25, 0.3) is 0 Å². The van der Waals surface area contributed by atoms with Crippen LogP contribution in [0.1, 0.15) is 33.1 Å². The maximum Gasteiger partial charge on any atom is 0.304 e. The summed E-state index contributed by atoms with van der Waals surface area (Å²) in [5.74, 6) is 0.0149. The molecule has 0 radical (unpaired) electrons. The Labute approximate surface area is 85.1 Å². The zero-order valence-electron chi connectivity index (χ0n) is 8.86. The Bertz CT molecular complexity index is 213. The first-order valence-corrected chi connectivity index (χ1v) is 5.07. The molecule has 1 saturated heterocycles. The Balaban J connectivity index is 2.45. The standard InChI is InChI=1S/C11H18O3/c1-4-5-10-7-6-8(2)11(14-10)13-9(3)12/h4,8,10-11H,1,5-7H2,2-3H3/t8-,10+,11?/m0/s1. The quantitative estimate of drug-likeness (QED) is 0.515. The number of rotatable bonds is 3. The first-order valence-electron chi connectivity index (χ1n) is 5.07. The van der Waals surface area contributed by atoms with Crippen LogP contribution in [0.3, 0.4) is 0 Å². The van der Waals surface area contributed by atoms with Crippen molar-refractivity contribution in [2.24, 2.45) is 5.92 Å². The second-order valence-electron chi connectivity index (χ2n) is 3.81. The number of hydrogen-bond donors (Lipinski definition) is 0. The highest BCUT2D eigenvalue weighted by atomic mass is 16.7. The third-order valence-electron chi connectivity index (χ3n) is 2.45. The van der Waals surface area contributed by atoms with Crippen LogP contribution in [0.15, 0.2) is 12.7 Å². The van der Waals surface area contributed by atoms with Crippen LogP contribution < -0.4 is 0 Å². The van der Waals surface area contributed by atoms with E-state index in [0.717, 1.165) is 19.3 Å². The molecule has 0 amide bonds. The second-order valence-corrected chi connectivity index (χ2v) is 3.81. The summed E-state index contributed by atoms with van der Waals surface area (Å²) in [5.41, 5.74) is 0. The Hall–Kier alpha value is -0.830. The average Bonchev–Trinajstić information content (AvgIpc) is 2.10. The summed E-state index contributed by atoms with van der Waals surface area (Å²) in [6.45, 7) is 7.12. The van der Waals surface area contributed by atoms with E-state index in [1.165, 1.54) is 6.92 Å². The second kappa shape index (κ2) is 5.15. The average molecular weight is 198 g/mol. The van der Waals surface area contributed by atoms with Crippen LogP contribution >= 0.6 is 0 Å². The van der Waals surface area contributed by atoms with Crippen molar-refractivity contribution in [3.8, 4) is 0 Å². The third kappa shape index (κ3) is 3.14. The molecule has 14 heavy (non-hydrogen) atoms.